The number of rotatable bonds is 5. The van der Waals surface area contributed by atoms with Crippen molar-refractivity contribution in [3.8, 4) is 5.69 Å². The summed E-state index contributed by atoms with van der Waals surface area (Å²) < 4.78 is 2.24. The second kappa shape index (κ2) is 8.50. The van der Waals surface area contributed by atoms with Gasteiger partial charge in [-0.2, -0.15) is 0 Å². The summed E-state index contributed by atoms with van der Waals surface area (Å²) in [6.07, 6.45) is 2.73. The van der Waals surface area contributed by atoms with Crippen LogP contribution in [0.1, 0.15) is 46.1 Å². The van der Waals surface area contributed by atoms with Crippen molar-refractivity contribution in [1.82, 2.24) is 14.8 Å². The van der Waals surface area contributed by atoms with Crippen molar-refractivity contribution in [2.24, 2.45) is 0 Å². The smallest absolute Gasteiger partial charge is 0.317 e. The minimum absolute atomic E-state index is 0.254. The van der Waals surface area contributed by atoms with Gasteiger partial charge in [0.05, 0.1) is 12.2 Å². The van der Waals surface area contributed by atoms with Gasteiger partial charge in [0.25, 0.3) is 5.91 Å². The molecule has 3 aromatic rings. The van der Waals surface area contributed by atoms with Gasteiger partial charge in [0, 0.05) is 11.4 Å². The molecule has 2 heterocycles. The number of para-hydroxylation sites is 1. The summed E-state index contributed by atoms with van der Waals surface area (Å²) in [7, 11) is 0. The Morgan fingerprint density at radius 2 is 1.69 bits per heavy atom. The molecule has 0 saturated carbocycles. The molecule has 0 radical (unpaired) electrons. The summed E-state index contributed by atoms with van der Waals surface area (Å²) in [6, 6.07) is 15.9. The fourth-order valence-corrected chi connectivity index (χ4v) is 4.35. The van der Waals surface area contributed by atoms with Crippen LogP contribution in [-0.2, 0) is 17.8 Å². The quantitative estimate of drug-likeness (QED) is 0.440. The molecule has 0 bridgehead atoms. The molecule has 164 valence electrons. The van der Waals surface area contributed by atoms with Crippen LogP contribution in [0.4, 0.5) is 4.79 Å². The van der Waals surface area contributed by atoms with Gasteiger partial charge < -0.3 is 9.88 Å². The third-order valence-corrected chi connectivity index (χ3v) is 6.12. The first-order valence-electron chi connectivity index (χ1n) is 11.0. The van der Waals surface area contributed by atoms with E-state index >= 15 is 0 Å². The zero-order valence-electron chi connectivity index (χ0n) is 19.3. The van der Waals surface area contributed by atoms with Gasteiger partial charge >= 0.3 is 6.03 Å². The molecule has 4 rings (SSSR count). The zero-order valence-corrected chi connectivity index (χ0v) is 19.3. The highest BCUT2D eigenvalue weighted by molar-refractivity contribution is 6.14. The summed E-state index contributed by atoms with van der Waals surface area (Å²) >= 11 is 0. The van der Waals surface area contributed by atoms with E-state index in [2.05, 4.69) is 61.8 Å². The minimum Gasteiger partial charge on any atom is -0.317 e. The number of nitrogens with one attached hydrogen (secondary N) is 1. The molecule has 0 spiro atoms. The Morgan fingerprint density at radius 3 is 2.38 bits per heavy atom. The molecule has 1 fully saturated rings. The predicted molar refractivity (Wildman–Crippen MR) is 128 cm³/mol. The van der Waals surface area contributed by atoms with Crippen molar-refractivity contribution < 1.29 is 9.59 Å². The van der Waals surface area contributed by atoms with Crippen molar-refractivity contribution in [2.45, 2.75) is 47.6 Å². The Morgan fingerprint density at radius 1 is 0.969 bits per heavy atom. The number of urea groups is 1. The highest BCUT2D eigenvalue weighted by Crippen LogP contribution is 2.28. The van der Waals surface area contributed by atoms with Crippen LogP contribution in [-0.4, -0.2) is 21.4 Å². The van der Waals surface area contributed by atoms with Gasteiger partial charge in [-0.3, -0.25) is 9.69 Å². The molecule has 1 N–H and O–H groups in total. The highest BCUT2D eigenvalue weighted by atomic mass is 16.2. The van der Waals surface area contributed by atoms with E-state index in [1.165, 1.54) is 21.7 Å². The topological polar surface area (TPSA) is 54.3 Å². The predicted octanol–water partition coefficient (Wildman–Crippen LogP) is 5.37. The lowest BCUT2D eigenvalue weighted by Crippen LogP contribution is -2.30. The van der Waals surface area contributed by atoms with E-state index in [-0.39, 0.29) is 18.5 Å². The molecule has 5 nitrogen and oxygen atoms in total. The second-order valence-corrected chi connectivity index (χ2v) is 8.46. The van der Waals surface area contributed by atoms with Gasteiger partial charge in [-0.1, -0.05) is 55.0 Å². The Kier molecular flexibility index (Phi) is 5.74. The molecular formula is C27H29N3O2. The number of aromatic nitrogens is 1. The van der Waals surface area contributed by atoms with Crippen LogP contribution in [0.3, 0.4) is 0 Å². The summed E-state index contributed by atoms with van der Waals surface area (Å²) in [5.41, 5.74) is 9.10. The van der Waals surface area contributed by atoms with Gasteiger partial charge in [-0.15, -0.1) is 0 Å². The fourth-order valence-electron chi connectivity index (χ4n) is 4.35. The first-order valence-corrected chi connectivity index (χ1v) is 11.0. The SMILES string of the molecule is CCc1cccc(C)c1-n1c(C)cc(/C=C2\NC(=O)N(Cc3ccc(C)cc3)C2=O)c1C. The molecule has 0 aliphatic carbocycles. The number of imide groups is 1. The molecule has 0 atom stereocenters. The lowest BCUT2D eigenvalue weighted by Gasteiger charge is -2.17. The fraction of sp³-hybridized carbons (Fsp3) is 0.259. The molecule has 2 aromatic carbocycles. The van der Waals surface area contributed by atoms with E-state index < -0.39 is 0 Å². The molecular weight excluding hydrogens is 398 g/mol. The first kappa shape index (κ1) is 21.6. The monoisotopic (exact) mass is 427 g/mol. The van der Waals surface area contributed by atoms with Crippen LogP contribution < -0.4 is 5.32 Å². The second-order valence-electron chi connectivity index (χ2n) is 8.46. The molecule has 3 amide bonds. The van der Waals surface area contributed by atoms with Gasteiger partial charge in [0.2, 0.25) is 0 Å². The maximum absolute atomic E-state index is 13.0. The third kappa shape index (κ3) is 3.86. The van der Waals surface area contributed by atoms with Crippen molar-refractivity contribution in [1.29, 1.82) is 0 Å². The number of aryl methyl sites for hydroxylation is 4. The van der Waals surface area contributed by atoms with Crippen molar-refractivity contribution in [3.05, 3.63) is 93.4 Å². The molecule has 1 aromatic heterocycles. The maximum atomic E-state index is 13.0. The van der Waals surface area contributed by atoms with Crippen LogP contribution in [0.15, 0.2) is 54.2 Å². The van der Waals surface area contributed by atoms with Crippen LogP contribution in [0.25, 0.3) is 11.8 Å². The Balaban J connectivity index is 1.67. The van der Waals surface area contributed by atoms with E-state index in [1.807, 2.05) is 31.2 Å². The number of amides is 3. The van der Waals surface area contributed by atoms with E-state index in [4.69, 9.17) is 0 Å². The Hall–Kier alpha value is -3.60. The van der Waals surface area contributed by atoms with Gasteiger partial charge in [-0.25, -0.2) is 4.79 Å². The van der Waals surface area contributed by atoms with Gasteiger partial charge in [-0.05, 0) is 68.5 Å². The highest BCUT2D eigenvalue weighted by Gasteiger charge is 2.33. The van der Waals surface area contributed by atoms with Crippen molar-refractivity contribution in [2.75, 3.05) is 0 Å². The molecule has 1 saturated heterocycles. The van der Waals surface area contributed by atoms with Crippen molar-refractivity contribution in [3.63, 3.8) is 0 Å². The van der Waals surface area contributed by atoms with Crippen LogP contribution in [0.2, 0.25) is 0 Å². The Labute approximate surface area is 189 Å². The van der Waals surface area contributed by atoms with E-state index in [0.29, 0.717) is 5.70 Å². The average molecular weight is 428 g/mol. The molecule has 1 aliphatic heterocycles. The minimum atomic E-state index is -0.386. The van der Waals surface area contributed by atoms with Crippen molar-refractivity contribution >= 4 is 18.0 Å². The summed E-state index contributed by atoms with van der Waals surface area (Å²) in [6.45, 7) is 10.7. The van der Waals surface area contributed by atoms with Gasteiger partial charge in [0.15, 0.2) is 0 Å². The molecule has 5 heteroatoms. The standard InChI is InChI=1S/C27H29N3O2/c1-6-22-9-7-8-18(3)25(22)30-19(4)14-23(20(30)5)15-24-26(31)29(27(32)28-24)16-21-12-10-17(2)11-13-21/h7-15H,6,16H2,1-5H3,(H,28,32)/b24-15-. The zero-order chi connectivity index (χ0) is 23.0. The Bertz CT molecular complexity index is 1230. The molecule has 1 aliphatic rings. The lowest BCUT2D eigenvalue weighted by molar-refractivity contribution is -0.123. The number of nitrogens with zero attached hydrogens (tertiary/aromatic N) is 2. The number of hydrogen-bond donors (Lipinski definition) is 1. The maximum Gasteiger partial charge on any atom is 0.329 e. The van der Waals surface area contributed by atoms with E-state index in [9.17, 15) is 9.59 Å². The first-order chi connectivity index (χ1) is 15.3. The van der Waals surface area contributed by atoms with Crippen LogP contribution in [0.5, 0.6) is 0 Å². The summed E-state index contributed by atoms with van der Waals surface area (Å²) in [5.74, 6) is -0.300. The number of carbonyl (C=O) groups is 2. The largest absolute Gasteiger partial charge is 0.329 e. The molecule has 32 heavy (non-hydrogen) atoms. The van der Waals surface area contributed by atoms with Gasteiger partial charge in [0.1, 0.15) is 5.70 Å². The number of carbonyl (C=O) groups excluding carboxylic acids is 2. The van der Waals surface area contributed by atoms with E-state index in [0.717, 1.165) is 34.5 Å². The van der Waals surface area contributed by atoms with Crippen LogP contribution in [0, 0.1) is 27.7 Å². The normalized spacial score (nSPS) is 15.0. The van der Waals surface area contributed by atoms with Crippen LogP contribution >= 0.6 is 0 Å². The summed E-state index contributed by atoms with van der Waals surface area (Å²) in [5, 5.41) is 2.75. The lowest BCUT2D eigenvalue weighted by atomic mass is 10.1. The summed E-state index contributed by atoms with van der Waals surface area (Å²) in [4.78, 5) is 26.8. The number of benzene rings is 2. The molecule has 0 unspecified atom stereocenters. The third-order valence-electron chi connectivity index (χ3n) is 6.12. The average Bonchev–Trinajstić information content (AvgIpc) is 3.19. The van der Waals surface area contributed by atoms with E-state index in [1.54, 1.807) is 6.08 Å². The number of hydrogen-bond acceptors (Lipinski definition) is 2.